The van der Waals surface area contributed by atoms with Crippen LogP contribution in [0, 0.1) is 0 Å². The van der Waals surface area contributed by atoms with Crippen LogP contribution < -0.4 is 10.2 Å². The number of carbonyl (C=O) groups excluding carboxylic acids is 1. The Bertz CT molecular complexity index is 897. The third kappa shape index (κ3) is 5.16. The zero-order chi connectivity index (χ0) is 19.8. The number of rotatable bonds is 8. The quantitative estimate of drug-likeness (QED) is 0.638. The highest BCUT2D eigenvalue weighted by atomic mass is 16.1. The molecule has 3 rings (SSSR count). The summed E-state index contributed by atoms with van der Waals surface area (Å²) in [5, 5.41) is 2.96. The maximum atomic E-state index is 12.8. The van der Waals surface area contributed by atoms with Gasteiger partial charge in [-0.25, -0.2) is 9.97 Å². The van der Waals surface area contributed by atoms with Crippen LogP contribution in [0.2, 0.25) is 0 Å². The zero-order valence-electron chi connectivity index (χ0n) is 16.4. The van der Waals surface area contributed by atoms with Gasteiger partial charge in [-0.1, -0.05) is 74.0 Å². The van der Waals surface area contributed by atoms with Crippen LogP contribution in [0.1, 0.15) is 35.8 Å². The van der Waals surface area contributed by atoms with E-state index in [2.05, 4.69) is 22.1 Å². The van der Waals surface area contributed by atoms with Crippen LogP contribution in [-0.2, 0) is 6.54 Å². The van der Waals surface area contributed by atoms with Crippen LogP contribution in [0.4, 0.5) is 5.82 Å². The molecular formula is C23H26N4O. The maximum absolute atomic E-state index is 12.8. The Balaban J connectivity index is 1.86. The maximum Gasteiger partial charge on any atom is 0.270 e. The van der Waals surface area contributed by atoms with Crippen molar-refractivity contribution in [1.29, 1.82) is 0 Å². The lowest BCUT2D eigenvalue weighted by Gasteiger charge is -2.19. The van der Waals surface area contributed by atoms with Gasteiger partial charge in [-0.3, -0.25) is 4.79 Å². The van der Waals surface area contributed by atoms with Crippen LogP contribution in [0.5, 0.6) is 0 Å². The average molecular weight is 374 g/mol. The fourth-order valence-corrected chi connectivity index (χ4v) is 2.84. The highest BCUT2D eigenvalue weighted by molar-refractivity contribution is 5.93. The normalized spacial score (nSPS) is 10.5. The Labute approximate surface area is 166 Å². The fourth-order valence-electron chi connectivity index (χ4n) is 2.84. The summed E-state index contributed by atoms with van der Waals surface area (Å²) in [4.78, 5) is 24.1. The second-order valence-corrected chi connectivity index (χ2v) is 6.74. The molecule has 0 aliphatic carbocycles. The van der Waals surface area contributed by atoms with Gasteiger partial charge in [0.25, 0.3) is 5.91 Å². The molecule has 0 fully saturated rings. The van der Waals surface area contributed by atoms with Crippen molar-refractivity contribution in [3.05, 3.63) is 78.0 Å². The van der Waals surface area contributed by atoms with Crippen LogP contribution in [-0.4, -0.2) is 29.5 Å². The highest BCUT2D eigenvalue weighted by Crippen LogP contribution is 2.20. The molecule has 0 saturated carbocycles. The van der Waals surface area contributed by atoms with Gasteiger partial charge < -0.3 is 10.2 Å². The molecule has 144 valence electrons. The van der Waals surface area contributed by atoms with E-state index in [9.17, 15) is 4.79 Å². The molecule has 0 spiro atoms. The van der Waals surface area contributed by atoms with E-state index in [1.165, 1.54) is 0 Å². The Morgan fingerprint density at radius 2 is 1.68 bits per heavy atom. The number of aromatic nitrogens is 2. The predicted molar refractivity (Wildman–Crippen MR) is 113 cm³/mol. The van der Waals surface area contributed by atoms with Gasteiger partial charge in [0.1, 0.15) is 11.5 Å². The van der Waals surface area contributed by atoms with Crippen molar-refractivity contribution in [2.24, 2.45) is 0 Å². The van der Waals surface area contributed by atoms with Gasteiger partial charge in [0.2, 0.25) is 0 Å². The van der Waals surface area contributed by atoms with E-state index in [0.717, 1.165) is 36.3 Å². The Morgan fingerprint density at radius 3 is 2.36 bits per heavy atom. The van der Waals surface area contributed by atoms with Crippen molar-refractivity contribution in [2.45, 2.75) is 26.3 Å². The molecule has 2 aromatic carbocycles. The van der Waals surface area contributed by atoms with Crippen LogP contribution >= 0.6 is 0 Å². The summed E-state index contributed by atoms with van der Waals surface area (Å²) in [5.74, 6) is 1.12. The molecule has 0 unspecified atom stereocenters. The summed E-state index contributed by atoms with van der Waals surface area (Å²) in [7, 11) is 2.00. The zero-order valence-corrected chi connectivity index (χ0v) is 16.4. The first-order valence-electron chi connectivity index (χ1n) is 9.65. The summed E-state index contributed by atoms with van der Waals surface area (Å²) in [6.45, 7) is 3.50. The van der Waals surface area contributed by atoms with E-state index >= 15 is 0 Å². The predicted octanol–water partition coefficient (Wildman–Crippen LogP) is 4.31. The lowest BCUT2D eigenvalue weighted by molar-refractivity contribution is 0.0946. The van der Waals surface area contributed by atoms with E-state index in [1.807, 2.05) is 67.7 Å². The standard InChI is InChI=1S/C23H26N4O/c1-3-4-15-27(2)21-16-20(23(28)24-17-18-11-7-5-8-12-18)25-22(26-21)19-13-9-6-10-14-19/h5-14,16H,3-4,15,17H2,1-2H3,(H,24,28). The summed E-state index contributed by atoms with van der Waals surface area (Å²) in [6, 6.07) is 21.4. The topological polar surface area (TPSA) is 58.1 Å². The second kappa shape index (κ2) is 9.65. The van der Waals surface area contributed by atoms with Crippen molar-refractivity contribution in [3.8, 4) is 11.4 Å². The minimum Gasteiger partial charge on any atom is -0.360 e. The molecule has 5 heteroatoms. The fraction of sp³-hybridized carbons (Fsp3) is 0.261. The van der Waals surface area contributed by atoms with Gasteiger partial charge in [-0.05, 0) is 12.0 Å². The summed E-state index contributed by atoms with van der Waals surface area (Å²) in [6.07, 6.45) is 2.17. The molecule has 1 aromatic heterocycles. The highest BCUT2D eigenvalue weighted by Gasteiger charge is 2.15. The number of carbonyl (C=O) groups is 1. The first-order chi connectivity index (χ1) is 13.7. The molecule has 0 aliphatic heterocycles. The number of nitrogens with one attached hydrogen (secondary N) is 1. The van der Waals surface area contributed by atoms with Gasteiger partial charge in [0, 0.05) is 31.8 Å². The molecule has 1 N–H and O–H groups in total. The Hall–Kier alpha value is -3.21. The first kappa shape index (κ1) is 19.5. The van der Waals surface area contributed by atoms with E-state index in [-0.39, 0.29) is 5.91 Å². The monoisotopic (exact) mass is 374 g/mol. The van der Waals surface area contributed by atoms with Gasteiger partial charge in [-0.15, -0.1) is 0 Å². The van der Waals surface area contributed by atoms with Gasteiger partial charge in [0.15, 0.2) is 5.82 Å². The smallest absolute Gasteiger partial charge is 0.270 e. The third-order valence-corrected chi connectivity index (χ3v) is 4.51. The molecule has 28 heavy (non-hydrogen) atoms. The second-order valence-electron chi connectivity index (χ2n) is 6.74. The lowest BCUT2D eigenvalue weighted by atomic mass is 10.2. The van der Waals surface area contributed by atoms with E-state index in [1.54, 1.807) is 6.07 Å². The number of amides is 1. The largest absolute Gasteiger partial charge is 0.360 e. The van der Waals surface area contributed by atoms with E-state index in [4.69, 9.17) is 4.98 Å². The molecule has 0 radical (unpaired) electrons. The van der Waals surface area contributed by atoms with Crippen LogP contribution in [0.15, 0.2) is 66.7 Å². The molecule has 1 heterocycles. The molecule has 3 aromatic rings. The Kier molecular flexibility index (Phi) is 6.73. The molecule has 0 aliphatic rings. The Morgan fingerprint density at radius 1 is 1.00 bits per heavy atom. The van der Waals surface area contributed by atoms with Crippen molar-refractivity contribution < 1.29 is 4.79 Å². The number of unbranched alkanes of at least 4 members (excludes halogenated alkanes) is 1. The lowest BCUT2D eigenvalue weighted by Crippen LogP contribution is -2.26. The number of hydrogen-bond donors (Lipinski definition) is 1. The molecule has 0 atom stereocenters. The van der Waals surface area contributed by atoms with Crippen molar-refractivity contribution in [3.63, 3.8) is 0 Å². The number of benzene rings is 2. The van der Waals surface area contributed by atoms with Crippen molar-refractivity contribution in [1.82, 2.24) is 15.3 Å². The van der Waals surface area contributed by atoms with Crippen molar-refractivity contribution in [2.75, 3.05) is 18.5 Å². The summed E-state index contributed by atoms with van der Waals surface area (Å²) < 4.78 is 0. The SMILES string of the molecule is CCCCN(C)c1cc(C(=O)NCc2ccccc2)nc(-c2ccccc2)n1. The third-order valence-electron chi connectivity index (χ3n) is 4.51. The molecule has 5 nitrogen and oxygen atoms in total. The van der Waals surface area contributed by atoms with Gasteiger partial charge >= 0.3 is 0 Å². The number of anilines is 1. The average Bonchev–Trinajstić information content (AvgIpc) is 2.76. The van der Waals surface area contributed by atoms with Crippen LogP contribution in [0.3, 0.4) is 0 Å². The molecule has 0 bridgehead atoms. The number of nitrogens with zero attached hydrogens (tertiary/aromatic N) is 3. The molecular weight excluding hydrogens is 348 g/mol. The van der Waals surface area contributed by atoms with E-state index < -0.39 is 0 Å². The summed E-state index contributed by atoms with van der Waals surface area (Å²) in [5.41, 5.74) is 2.32. The first-order valence-corrected chi connectivity index (χ1v) is 9.65. The van der Waals surface area contributed by atoms with Crippen LogP contribution in [0.25, 0.3) is 11.4 Å². The summed E-state index contributed by atoms with van der Waals surface area (Å²) >= 11 is 0. The molecule has 1 amide bonds. The number of hydrogen-bond acceptors (Lipinski definition) is 4. The minimum absolute atomic E-state index is 0.200. The molecule has 0 saturated heterocycles. The minimum atomic E-state index is -0.200. The van der Waals surface area contributed by atoms with E-state index in [0.29, 0.717) is 18.1 Å². The van der Waals surface area contributed by atoms with Crippen molar-refractivity contribution >= 4 is 11.7 Å². The van der Waals surface area contributed by atoms with Gasteiger partial charge in [0.05, 0.1) is 0 Å². The van der Waals surface area contributed by atoms with Gasteiger partial charge in [-0.2, -0.15) is 0 Å².